The van der Waals surface area contributed by atoms with Crippen molar-refractivity contribution < 1.29 is 14.3 Å². The molecule has 5 heteroatoms. The average Bonchev–Trinajstić information content (AvgIpc) is 2.87. The number of ether oxygens (including phenoxy) is 1. The fourth-order valence-corrected chi connectivity index (χ4v) is 2.94. The second-order valence-electron chi connectivity index (χ2n) is 4.86. The third-order valence-electron chi connectivity index (χ3n) is 3.13. The number of methoxy groups -OCH3 is 1. The maximum atomic E-state index is 12.3. The van der Waals surface area contributed by atoms with Gasteiger partial charge in [-0.25, -0.2) is 4.79 Å². The second-order valence-corrected chi connectivity index (χ2v) is 5.78. The maximum Gasteiger partial charge on any atom is 0.328 e. The van der Waals surface area contributed by atoms with E-state index in [1.165, 1.54) is 18.4 Å². The van der Waals surface area contributed by atoms with Gasteiger partial charge in [0.15, 0.2) is 0 Å². The highest BCUT2D eigenvalue weighted by molar-refractivity contribution is 7.17. The van der Waals surface area contributed by atoms with E-state index in [-0.39, 0.29) is 11.8 Å². The molecule has 0 fully saturated rings. The lowest BCUT2D eigenvalue weighted by Gasteiger charge is -2.19. The average molecular weight is 291 g/mol. The molecule has 1 aromatic carbocycles. The fourth-order valence-electron chi connectivity index (χ4n) is 2.00. The summed E-state index contributed by atoms with van der Waals surface area (Å²) in [5.74, 6) is -0.698. The Morgan fingerprint density at radius 3 is 2.60 bits per heavy atom. The first-order chi connectivity index (χ1) is 9.54. The predicted octanol–water partition coefficient (Wildman–Crippen LogP) is 2.83. The summed E-state index contributed by atoms with van der Waals surface area (Å²) in [6, 6.07) is 7.07. The number of fused-ring (bicyclic) bond motifs is 1. The van der Waals surface area contributed by atoms with Crippen molar-refractivity contribution in [2.45, 2.75) is 19.9 Å². The second kappa shape index (κ2) is 6.05. The predicted molar refractivity (Wildman–Crippen MR) is 79.9 cm³/mol. The summed E-state index contributed by atoms with van der Waals surface area (Å²) in [7, 11) is 1.32. The molecular weight excluding hydrogens is 274 g/mol. The summed E-state index contributed by atoms with van der Waals surface area (Å²) in [6.07, 6.45) is 0. The van der Waals surface area contributed by atoms with Crippen LogP contribution in [0.2, 0.25) is 0 Å². The molecule has 0 radical (unpaired) electrons. The van der Waals surface area contributed by atoms with Crippen LogP contribution >= 0.6 is 11.3 Å². The molecule has 0 unspecified atom stereocenters. The number of carbonyl (C=O) groups excluding carboxylic acids is 2. The number of carbonyl (C=O) groups is 2. The van der Waals surface area contributed by atoms with Gasteiger partial charge in [0.05, 0.1) is 12.7 Å². The van der Waals surface area contributed by atoms with E-state index >= 15 is 0 Å². The molecule has 2 rings (SSSR count). The van der Waals surface area contributed by atoms with Crippen molar-refractivity contribution in [1.29, 1.82) is 0 Å². The molecule has 1 atom stereocenters. The van der Waals surface area contributed by atoms with Gasteiger partial charge >= 0.3 is 5.97 Å². The van der Waals surface area contributed by atoms with Crippen molar-refractivity contribution >= 4 is 33.3 Å². The zero-order chi connectivity index (χ0) is 14.7. The van der Waals surface area contributed by atoms with Gasteiger partial charge in [0, 0.05) is 15.5 Å². The highest BCUT2D eigenvalue weighted by Crippen LogP contribution is 2.25. The van der Waals surface area contributed by atoms with E-state index in [0.29, 0.717) is 5.56 Å². The zero-order valence-electron chi connectivity index (χ0n) is 11.7. The lowest BCUT2D eigenvalue weighted by Crippen LogP contribution is -2.44. The van der Waals surface area contributed by atoms with Crippen LogP contribution in [0.3, 0.4) is 0 Å². The lowest BCUT2D eigenvalue weighted by atomic mass is 10.0. The highest BCUT2D eigenvalue weighted by atomic mass is 32.1. The maximum absolute atomic E-state index is 12.3. The van der Waals surface area contributed by atoms with Gasteiger partial charge in [-0.3, -0.25) is 4.79 Å². The summed E-state index contributed by atoms with van der Waals surface area (Å²) in [4.78, 5) is 24.0. The fraction of sp³-hybridized carbons (Fsp3) is 0.333. The number of rotatable bonds is 4. The molecular formula is C15H17NO3S. The normalized spacial score (nSPS) is 12.4. The smallest absolute Gasteiger partial charge is 0.328 e. The summed E-state index contributed by atoms with van der Waals surface area (Å²) < 4.78 is 5.78. The van der Waals surface area contributed by atoms with Gasteiger partial charge in [-0.1, -0.05) is 32.0 Å². The summed E-state index contributed by atoms with van der Waals surface area (Å²) in [5, 5.41) is 5.47. The van der Waals surface area contributed by atoms with Crippen LogP contribution in [-0.2, 0) is 9.53 Å². The molecule has 0 spiro atoms. The van der Waals surface area contributed by atoms with Crippen LogP contribution in [-0.4, -0.2) is 25.0 Å². The van der Waals surface area contributed by atoms with E-state index in [4.69, 9.17) is 4.74 Å². The van der Waals surface area contributed by atoms with Crippen LogP contribution in [0.1, 0.15) is 24.2 Å². The first-order valence-electron chi connectivity index (χ1n) is 6.39. The van der Waals surface area contributed by atoms with Crippen molar-refractivity contribution in [2.24, 2.45) is 5.92 Å². The Morgan fingerprint density at radius 1 is 1.25 bits per heavy atom. The minimum atomic E-state index is -0.633. The minimum absolute atomic E-state index is 0.0312. The molecule has 1 heterocycles. The molecule has 0 bridgehead atoms. The summed E-state index contributed by atoms with van der Waals surface area (Å²) in [6.45, 7) is 3.74. The Bertz CT molecular complexity index is 633. The molecule has 1 amide bonds. The number of esters is 1. The van der Waals surface area contributed by atoms with Crippen LogP contribution in [0, 0.1) is 5.92 Å². The van der Waals surface area contributed by atoms with Crippen LogP contribution in [0.4, 0.5) is 0 Å². The molecule has 0 saturated heterocycles. The third-order valence-corrected chi connectivity index (χ3v) is 4.10. The number of thiophene rings is 1. The van der Waals surface area contributed by atoms with Crippen LogP contribution in [0.15, 0.2) is 29.6 Å². The first kappa shape index (κ1) is 14.5. The number of benzene rings is 1. The van der Waals surface area contributed by atoms with Crippen molar-refractivity contribution in [3.8, 4) is 0 Å². The van der Waals surface area contributed by atoms with Gasteiger partial charge < -0.3 is 10.1 Å². The van der Waals surface area contributed by atoms with E-state index in [0.717, 1.165) is 10.1 Å². The molecule has 106 valence electrons. The number of hydrogen-bond donors (Lipinski definition) is 1. The van der Waals surface area contributed by atoms with E-state index in [1.807, 2.05) is 43.5 Å². The molecule has 4 nitrogen and oxygen atoms in total. The minimum Gasteiger partial charge on any atom is -0.467 e. The molecule has 0 saturated carbocycles. The molecule has 20 heavy (non-hydrogen) atoms. The van der Waals surface area contributed by atoms with E-state index in [2.05, 4.69) is 5.32 Å². The van der Waals surface area contributed by atoms with Crippen molar-refractivity contribution in [3.05, 3.63) is 35.2 Å². The number of hydrogen-bond acceptors (Lipinski definition) is 4. The van der Waals surface area contributed by atoms with E-state index < -0.39 is 12.0 Å². The summed E-state index contributed by atoms with van der Waals surface area (Å²) >= 11 is 1.51. The molecule has 0 aliphatic carbocycles. The number of nitrogens with one attached hydrogen (secondary N) is 1. The van der Waals surface area contributed by atoms with Gasteiger partial charge in [-0.2, -0.15) is 0 Å². The first-order valence-corrected chi connectivity index (χ1v) is 7.27. The van der Waals surface area contributed by atoms with E-state index in [9.17, 15) is 9.59 Å². The van der Waals surface area contributed by atoms with Crippen molar-refractivity contribution in [3.63, 3.8) is 0 Å². The zero-order valence-corrected chi connectivity index (χ0v) is 12.5. The Hall–Kier alpha value is -1.88. The lowest BCUT2D eigenvalue weighted by molar-refractivity contribution is -0.144. The summed E-state index contributed by atoms with van der Waals surface area (Å²) in [5.41, 5.74) is 0.597. The van der Waals surface area contributed by atoms with Gasteiger partial charge in [-0.05, 0) is 12.0 Å². The van der Waals surface area contributed by atoms with Crippen LogP contribution < -0.4 is 5.32 Å². The van der Waals surface area contributed by atoms with Crippen molar-refractivity contribution in [1.82, 2.24) is 5.32 Å². The molecule has 0 aliphatic rings. The monoisotopic (exact) mass is 291 g/mol. The highest BCUT2D eigenvalue weighted by Gasteiger charge is 2.26. The molecule has 1 N–H and O–H groups in total. The van der Waals surface area contributed by atoms with Gasteiger partial charge in [-0.15, -0.1) is 11.3 Å². The van der Waals surface area contributed by atoms with Crippen LogP contribution in [0.5, 0.6) is 0 Å². The molecule has 0 aliphatic heterocycles. The number of amides is 1. The Kier molecular flexibility index (Phi) is 4.39. The van der Waals surface area contributed by atoms with Gasteiger partial charge in [0.25, 0.3) is 5.91 Å². The standard InChI is InChI=1S/C15H17NO3S/c1-9(2)13(15(18)19-3)16-14(17)11-8-20-12-7-5-4-6-10(11)12/h4-9,13H,1-3H3,(H,16,17)/t13-/m0/s1. The van der Waals surface area contributed by atoms with Gasteiger partial charge in [0.2, 0.25) is 0 Å². The molecule has 1 aromatic heterocycles. The quantitative estimate of drug-likeness (QED) is 0.881. The van der Waals surface area contributed by atoms with E-state index in [1.54, 1.807) is 0 Å². The SMILES string of the molecule is COC(=O)[C@@H](NC(=O)c1csc2ccccc12)C(C)C. The Labute approximate surface area is 121 Å². The Morgan fingerprint density at radius 2 is 1.95 bits per heavy atom. The van der Waals surface area contributed by atoms with Crippen molar-refractivity contribution in [2.75, 3.05) is 7.11 Å². The third kappa shape index (κ3) is 2.82. The Balaban J connectivity index is 2.25. The topological polar surface area (TPSA) is 55.4 Å². The molecule has 2 aromatic rings. The van der Waals surface area contributed by atoms with Crippen LogP contribution in [0.25, 0.3) is 10.1 Å². The largest absolute Gasteiger partial charge is 0.467 e. The van der Waals surface area contributed by atoms with Gasteiger partial charge in [0.1, 0.15) is 6.04 Å².